The predicted octanol–water partition coefficient (Wildman–Crippen LogP) is 2.23. The van der Waals surface area contributed by atoms with Gasteiger partial charge in [-0.1, -0.05) is 32.6 Å². The Balaban J connectivity index is 2.40. The Morgan fingerprint density at radius 2 is 1.82 bits per heavy atom. The topological polar surface area (TPSA) is 53.0 Å². The minimum Gasteiger partial charge on any atom is -0.393 e. The van der Waals surface area contributed by atoms with E-state index in [1.54, 1.807) is 0 Å². The van der Waals surface area contributed by atoms with Gasteiger partial charge in [-0.25, -0.2) is 4.68 Å². The fraction of sp³-hybridized carbons (Fsp3) is 0.769. The maximum Gasteiger partial charge on any atom is 0.290 e. The molecule has 0 spiro atoms. The first-order valence-corrected chi connectivity index (χ1v) is 6.72. The summed E-state index contributed by atoms with van der Waals surface area (Å²) in [5, 5.41) is 0. The van der Waals surface area contributed by atoms with Crippen LogP contribution in [0.25, 0.3) is 0 Å². The van der Waals surface area contributed by atoms with Crippen LogP contribution in [-0.4, -0.2) is 9.36 Å². The van der Waals surface area contributed by atoms with Crippen LogP contribution in [0.1, 0.15) is 57.2 Å². The first-order chi connectivity index (χ1) is 8.16. The summed E-state index contributed by atoms with van der Waals surface area (Å²) in [5.74, 6) is 0. The molecule has 1 heterocycles. The summed E-state index contributed by atoms with van der Waals surface area (Å²) in [5.41, 5.74) is 7.33. The van der Waals surface area contributed by atoms with Crippen LogP contribution >= 0.6 is 0 Å². The van der Waals surface area contributed by atoms with Gasteiger partial charge < -0.3 is 5.73 Å². The number of hydrogen-bond donors (Lipinski definition) is 1. The summed E-state index contributed by atoms with van der Waals surface area (Å²) in [6.45, 7) is 2.04. The van der Waals surface area contributed by atoms with E-state index in [-0.39, 0.29) is 5.56 Å². The Labute approximate surface area is 102 Å². The number of nitrogen functional groups attached to an aromatic ring is 1. The molecule has 4 heteroatoms. The van der Waals surface area contributed by atoms with Crippen molar-refractivity contribution in [1.82, 2.24) is 9.36 Å². The SMILES string of the molecule is CCc1c(N)c(=O)n(C2CCCCCC2)n1C. The molecule has 2 N–H and O–H groups in total. The van der Waals surface area contributed by atoms with Crippen molar-refractivity contribution in [3.63, 3.8) is 0 Å². The molecule has 2 rings (SSSR count). The number of aromatic nitrogens is 2. The molecule has 1 aromatic rings. The molecule has 96 valence electrons. The lowest BCUT2D eigenvalue weighted by Crippen LogP contribution is -2.27. The molecule has 0 atom stereocenters. The average Bonchev–Trinajstić information content (AvgIpc) is 2.55. The molecule has 4 nitrogen and oxygen atoms in total. The number of anilines is 1. The molecule has 0 amide bonds. The van der Waals surface area contributed by atoms with Gasteiger partial charge in [0.05, 0.1) is 11.7 Å². The van der Waals surface area contributed by atoms with Crippen molar-refractivity contribution in [2.45, 2.75) is 57.9 Å². The van der Waals surface area contributed by atoms with Crippen molar-refractivity contribution >= 4 is 5.69 Å². The Morgan fingerprint density at radius 3 is 2.29 bits per heavy atom. The smallest absolute Gasteiger partial charge is 0.290 e. The Hall–Kier alpha value is -1.19. The summed E-state index contributed by atoms with van der Waals surface area (Å²) in [4.78, 5) is 12.2. The van der Waals surface area contributed by atoms with Crippen LogP contribution in [0, 0.1) is 0 Å². The van der Waals surface area contributed by atoms with Gasteiger partial charge in [-0.2, -0.15) is 0 Å². The normalized spacial score (nSPS) is 18.2. The first-order valence-electron chi connectivity index (χ1n) is 6.72. The maximum absolute atomic E-state index is 12.2. The third-order valence-corrected chi connectivity index (χ3v) is 3.97. The summed E-state index contributed by atoms with van der Waals surface area (Å²) >= 11 is 0. The zero-order valence-corrected chi connectivity index (χ0v) is 10.9. The van der Waals surface area contributed by atoms with Crippen LogP contribution in [0.3, 0.4) is 0 Å². The number of rotatable bonds is 2. The van der Waals surface area contributed by atoms with E-state index >= 15 is 0 Å². The molecule has 0 aromatic carbocycles. The Kier molecular flexibility index (Phi) is 3.60. The maximum atomic E-state index is 12.2. The van der Waals surface area contributed by atoms with Crippen molar-refractivity contribution in [2.75, 3.05) is 5.73 Å². The summed E-state index contributed by atoms with van der Waals surface area (Å²) in [6.07, 6.45) is 8.09. The van der Waals surface area contributed by atoms with Gasteiger partial charge in [-0.05, 0) is 19.3 Å². The van der Waals surface area contributed by atoms with Crippen molar-refractivity contribution in [1.29, 1.82) is 0 Å². The lowest BCUT2D eigenvalue weighted by molar-refractivity contribution is 0.346. The van der Waals surface area contributed by atoms with Crippen LogP contribution in [0.5, 0.6) is 0 Å². The van der Waals surface area contributed by atoms with Crippen LogP contribution in [-0.2, 0) is 13.5 Å². The van der Waals surface area contributed by atoms with E-state index in [2.05, 4.69) is 0 Å². The van der Waals surface area contributed by atoms with Crippen molar-refractivity contribution in [3.8, 4) is 0 Å². The quantitative estimate of drug-likeness (QED) is 0.802. The minimum absolute atomic E-state index is 0.0104. The first kappa shape index (κ1) is 12.3. The van der Waals surface area contributed by atoms with Gasteiger partial charge in [0.2, 0.25) is 0 Å². The number of nitrogens with zero attached hydrogens (tertiary/aromatic N) is 2. The summed E-state index contributed by atoms with van der Waals surface area (Å²) in [6, 6.07) is 0.345. The standard InChI is InChI=1S/C13H23N3O/c1-3-11-12(14)13(17)16(15(11)2)10-8-6-4-5-7-9-10/h10H,3-9,14H2,1-2H3. The zero-order chi connectivity index (χ0) is 12.4. The highest BCUT2D eigenvalue weighted by atomic mass is 16.1. The predicted molar refractivity (Wildman–Crippen MR) is 70.2 cm³/mol. The van der Waals surface area contributed by atoms with Crippen LogP contribution in [0.15, 0.2) is 4.79 Å². The Morgan fingerprint density at radius 1 is 1.24 bits per heavy atom. The second-order valence-electron chi connectivity index (χ2n) is 5.03. The van der Waals surface area contributed by atoms with E-state index in [4.69, 9.17) is 5.73 Å². The van der Waals surface area contributed by atoms with E-state index < -0.39 is 0 Å². The van der Waals surface area contributed by atoms with Gasteiger partial charge in [0.25, 0.3) is 5.56 Å². The molecule has 1 fully saturated rings. The molecular weight excluding hydrogens is 214 g/mol. The van der Waals surface area contributed by atoms with Gasteiger partial charge in [-0.15, -0.1) is 0 Å². The molecule has 0 aliphatic heterocycles. The van der Waals surface area contributed by atoms with E-state index in [0.717, 1.165) is 25.0 Å². The highest BCUT2D eigenvalue weighted by Gasteiger charge is 2.21. The lowest BCUT2D eigenvalue weighted by atomic mass is 10.1. The average molecular weight is 237 g/mol. The van der Waals surface area contributed by atoms with Crippen LogP contribution in [0.2, 0.25) is 0 Å². The largest absolute Gasteiger partial charge is 0.393 e. The van der Waals surface area contributed by atoms with E-state index in [1.165, 1.54) is 25.7 Å². The van der Waals surface area contributed by atoms with E-state index in [0.29, 0.717) is 11.7 Å². The van der Waals surface area contributed by atoms with Crippen LogP contribution in [0.4, 0.5) is 5.69 Å². The minimum atomic E-state index is 0.0104. The van der Waals surface area contributed by atoms with Gasteiger partial charge >= 0.3 is 0 Å². The van der Waals surface area contributed by atoms with E-state index in [9.17, 15) is 4.79 Å². The fourth-order valence-corrected chi connectivity index (χ4v) is 3.02. The van der Waals surface area contributed by atoms with Crippen molar-refractivity contribution in [3.05, 3.63) is 16.0 Å². The highest BCUT2D eigenvalue weighted by Crippen LogP contribution is 2.27. The second kappa shape index (κ2) is 4.98. The second-order valence-corrected chi connectivity index (χ2v) is 5.03. The molecule has 0 unspecified atom stereocenters. The van der Waals surface area contributed by atoms with Crippen molar-refractivity contribution in [2.24, 2.45) is 7.05 Å². The highest BCUT2D eigenvalue weighted by molar-refractivity contribution is 5.41. The summed E-state index contributed by atoms with van der Waals surface area (Å²) < 4.78 is 3.87. The lowest BCUT2D eigenvalue weighted by Gasteiger charge is -2.19. The molecule has 0 radical (unpaired) electrons. The molecule has 1 aromatic heterocycles. The summed E-state index contributed by atoms with van der Waals surface area (Å²) in [7, 11) is 1.96. The molecule has 0 bridgehead atoms. The van der Waals surface area contributed by atoms with Gasteiger partial charge in [0.15, 0.2) is 0 Å². The molecule has 1 saturated carbocycles. The fourth-order valence-electron chi connectivity index (χ4n) is 3.02. The van der Waals surface area contributed by atoms with Gasteiger partial charge in [0.1, 0.15) is 5.69 Å². The molecular formula is C13H23N3O. The van der Waals surface area contributed by atoms with Gasteiger partial charge in [0, 0.05) is 7.05 Å². The molecule has 17 heavy (non-hydrogen) atoms. The van der Waals surface area contributed by atoms with Gasteiger partial charge in [-0.3, -0.25) is 9.48 Å². The number of hydrogen-bond acceptors (Lipinski definition) is 2. The number of nitrogens with two attached hydrogens (primary N) is 1. The van der Waals surface area contributed by atoms with E-state index in [1.807, 2.05) is 23.3 Å². The monoisotopic (exact) mass is 237 g/mol. The Bertz CT molecular complexity index is 436. The van der Waals surface area contributed by atoms with Crippen molar-refractivity contribution < 1.29 is 0 Å². The molecule has 1 aliphatic carbocycles. The zero-order valence-electron chi connectivity index (χ0n) is 10.9. The molecule has 0 saturated heterocycles. The molecule has 1 aliphatic rings. The third kappa shape index (κ3) is 2.13. The van der Waals surface area contributed by atoms with Crippen LogP contribution < -0.4 is 11.3 Å². The third-order valence-electron chi connectivity index (χ3n) is 3.97.